The van der Waals surface area contributed by atoms with Crippen LogP contribution in [0.1, 0.15) is 5.56 Å². The molecular weight excluding hydrogens is 258 g/mol. The van der Waals surface area contributed by atoms with Crippen molar-refractivity contribution in [2.45, 2.75) is 12.6 Å². The first kappa shape index (κ1) is 13.4. The lowest BCUT2D eigenvalue weighted by atomic mass is 10.1. The summed E-state index contributed by atoms with van der Waals surface area (Å²) in [6, 6.07) is 7.19. The van der Waals surface area contributed by atoms with Crippen LogP contribution in [-0.4, -0.2) is 16.1 Å². The molecule has 2 rings (SSSR count). The van der Waals surface area contributed by atoms with Gasteiger partial charge in [-0.2, -0.15) is 20.8 Å². The van der Waals surface area contributed by atoms with Gasteiger partial charge in [0.25, 0.3) is 0 Å². The average Bonchev–Trinajstić information content (AvgIpc) is 3.02. The van der Waals surface area contributed by atoms with E-state index in [1.807, 2.05) is 0 Å². The Kier molecular flexibility index (Phi) is 4.17. The van der Waals surface area contributed by atoms with Crippen LogP contribution in [0.4, 0.5) is 5.69 Å². The quantitative estimate of drug-likeness (QED) is 0.852. The van der Waals surface area contributed by atoms with Crippen LogP contribution in [-0.2, 0) is 6.61 Å². The molecule has 0 amide bonds. The van der Waals surface area contributed by atoms with Gasteiger partial charge in [0.05, 0.1) is 18.5 Å². The maximum absolute atomic E-state index is 9.37. The molecule has 1 heterocycles. The van der Waals surface area contributed by atoms with Gasteiger partial charge >= 0.3 is 0 Å². The van der Waals surface area contributed by atoms with E-state index in [0.717, 1.165) is 0 Å². The van der Waals surface area contributed by atoms with Crippen molar-refractivity contribution in [2.24, 2.45) is 10.2 Å². The van der Waals surface area contributed by atoms with E-state index in [-0.39, 0.29) is 6.61 Å². The summed E-state index contributed by atoms with van der Waals surface area (Å²) in [6.45, 7) is -0.209. The number of nitrogens with zero attached hydrogens (tertiary/aromatic N) is 5. The number of hydrogen-bond donors (Lipinski definition) is 1. The van der Waals surface area contributed by atoms with Gasteiger partial charge in [-0.1, -0.05) is 0 Å². The highest BCUT2D eigenvalue weighted by Gasteiger charge is 2.09. The average molecular weight is 267 g/mol. The Bertz CT molecular complexity index is 681. The Morgan fingerprint density at radius 1 is 1.35 bits per heavy atom. The lowest BCUT2D eigenvalue weighted by molar-refractivity contribution is 0.282. The lowest BCUT2D eigenvalue weighted by Crippen LogP contribution is -1.93. The van der Waals surface area contributed by atoms with Gasteiger partial charge in [-0.15, -0.1) is 0 Å². The first-order chi connectivity index (χ1) is 9.78. The van der Waals surface area contributed by atoms with Crippen LogP contribution in [0.15, 0.2) is 45.4 Å². The van der Waals surface area contributed by atoms with Gasteiger partial charge < -0.3 is 9.52 Å². The van der Waals surface area contributed by atoms with E-state index < -0.39 is 6.04 Å². The maximum atomic E-state index is 9.37. The van der Waals surface area contributed by atoms with Crippen LogP contribution in [0, 0.1) is 22.7 Å². The molecule has 20 heavy (non-hydrogen) atoms. The van der Waals surface area contributed by atoms with Crippen LogP contribution >= 0.6 is 0 Å². The second-order valence-electron chi connectivity index (χ2n) is 3.74. The predicted octanol–water partition coefficient (Wildman–Crippen LogP) is 2.33. The van der Waals surface area contributed by atoms with Crippen molar-refractivity contribution in [2.75, 3.05) is 0 Å². The van der Waals surface area contributed by atoms with Gasteiger partial charge in [-0.3, -0.25) is 0 Å². The van der Waals surface area contributed by atoms with E-state index in [4.69, 9.17) is 14.9 Å². The minimum absolute atomic E-state index is 0.209. The van der Waals surface area contributed by atoms with Gasteiger partial charge in [0.1, 0.15) is 12.1 Å². The van der Waals surface area contributed by atoms with Crippen LogP contribution in [0.3, 0.4) is 0 Å². The topological polar surface area (TPSA) is 119 Å². The maximum Gasteiger partial charge on any atom is 0.242 e. The molecule has 0 saturated heterocycles. The fraction of sp³-hybridized carbons (Fsp3) is 0.154. The fourth-order valence-corrected chi connectivity index (χ4v) is 1.57. The highest BCUT2D eigenvalue weighted by Crippen LogP contribution is 2.27. The van der Waals surface area contributed by atoms with E-state index in [9.17, 15) is 5.11 Å². The van der Waals surface area contributed by atoms with Gasteiger partial charge in [-0.05, 0) is 23.8 Å². The Balaban J connectivity index is 2.32. The van der Waals surface area contributed by atoms with Crippen molar-refractivity contribution in [3.8, 4) is 23.5 Å². The normalized spacial score (nSPS) is 10.6. The van der Waals surface area contributed by atoms with Crippen LogP contribution in [0.2, 0.25) is 0 Å². The molecule has 0 radical (unpaired) electrons. The molecule has 0 aliphatic carbocycles. The second-order valence-corrected chi connectivity index (χ2v) is 3.74. The second kappa shape index (κ2) is 6.23. The first-order valence-corrected chi connectivity index (χ1v) is 5.61. The summed E-state index contributed by atoms with van der Waals surface area (Å²) in [7, 11) is 0. The lowest BCUT2D eigenvalue weighted by Gasteiger charge is -2.04. The molecule has 0 spiro atoms. The van der Waals surface area contributed by atoms with E-state index >= 15 is 0 Å². The SMILES string of the molecule is N#CC(C#N)N=Nc1ccc(-c2cnco2)c(CO)c1. The highest BCUT2D eigenvalue weighted by molar-refractivity contribution is 5.64. The fourth-order valence-electron chi connectivity index (χ4n) is 1.57. The highest BCUT2D eigenvalue weighted by atomic mass is 16.3. The van der Waals surface area contributed by atoms with Crippen LogP contribution < -0.4 is 0 Å². The number of aliphatic hydroxyl groups is 1. The zero-order valence-electron chi connectivity index (χ0n) is 10.3. The molecule has 98 valence electrons. The molecule has 0 fully saturated rings. The number of benzene rings is 1. The Morgan fingerprint density at radius 3 is 2.75 bits per heavy atom. The molecule has 1 aromatic heterocycles. The molecule has 7 nitrogen and oxygen atoms in total. The van der Waals surface area contributed by atoms with Crippen molar-refractivity contribution in [3.63, 3.8) is 0 Å². The van der Waals surface area contributed by atoms with Crippen molar-refractivity contribution >= 4 is 5.69 Å². The largest absolute Gasteiger partial charge is 0.444 e. The van der Waals surface area contributed by atoms with Crippen molar-refractivity contribution < 1.29 is 9.52 Å². The molecule has 1 aromatic carbocycles. The Hall–Kier alpha value is -3.03. The molecule has 0 saturated carbocycles. The summed E-state index contributed by atoms with van der Waals surface area (Å²) in [6.07, 6.45) is 2.84. The summed E-state index contributed by atoms with van der Waals surface area (Å²) >= 11 is 0. The monoisotopic (exact) mass is 267 g/mol. The van der Waals surface area contributed by atoms with Crippen molar-refractivity contribution in [1.29, 1.82) is 10.5 Å². The summed E-state index contributed by atoms with van der Waals surface area (Å²) < 4.78 is 5.17. The number of azo groups is 1. The van der Waals surface area contributed by atoms with Gasteiger partial charge in [-0.25, -0.2) is 4.98 Å². The minimum Gasteiger partial charge on any atom is -0.444 e. The number of nitriles is 2. The van der Waals surface area contributed by atoms with E-state index in [0.29, 0.717) is 22.6 Å². The zero-order valence-corrected chi connectivity index (χ0v) is 10.3. The zero-order chi connectivity index (χ0) is 14.4. The summed E-state index contributed by atoms with van der Waals surface area (Å²) in [5, 5.41) is 33.9. The third-order valence-electron chi connectivity index (χ3n) is 2.49. The predicted molar refractivity (Wildman–Crippen MR) is 67.4 cm³/mol. The number of hydrogen-bond acceptors (Lipinski definition) is 7. The minimum atomic E-state index is -1.14. The number of rotatable bonds is 4. The summed E-state index contributed by atoms with van der Waals surface area (Å²) in [4.78, 5) is 3.82. The Morgan fingerprint density at radius 2 is 2.15 bits per heavy atom. The molecule has 0 unspecified atom stereocenters. The third kappa shape index (κ3) is 2.86. The summed E-state index contributed by atoms with van der Waals surface area (Å²) in [5.74, 6) is 0.532. The molecular formula is C13H9N5O2. The van der Waals surface area contributed by atoms with Crippen molar-refractivity contribution in [1.82, 2.24) is 4.98 Å². The standard InChI is InChI=1S/C13H9N5O2/c14-4-11(5-15)18-17-10-1-2-12(9(3-10)7-19)13-6-16-8-20-13/h1-3,6,8,11,19H,7H2. The Labute approximate surface area is 114 Å². The van der Waals surface area contributed by atoms with Crippen LogP contribution in [0.25, 0.3) is 11.3 Å². The molecule has 0 aliphatic heterocycles. The third-order valence-corrected chi connectivity index (χ3v) is 2.49. The van der Waals surface area contributed by atoms with Gasteiger partial charge in [0, 0.05) is 5.56 Å². The molecule has 0 atom stereocenters. The van der Waals surface area contributed by atoms with Crippen LogP contribution in [0.5, 0.6) is 0 Å². The smallest absolute Gasteiger partial charge is 0.242 e. The molecule has 2 aromatic rings. The van der Waals surface area contributed by atoms with Gasteiger partial charge in [0.2, 0.25) is 6.04 Å². The molecule has 0 aliphatic rings. The van der Waals surface area contributed by atoms with Gasteiger partial charge in [0.15, 0.2) is 12.2 Å². The van der Waals surface area contributed by atoms with E-state index in [1.165, 1.54) is 12.6 Å². The van der Waals surface area contributed by atoms with Crippen molar-refractivity contribution in [3.05, 3.63) is 36.4 Å². The summed E-state index contributed by atoms with van der Waals surface area (Å²) in [5.41, 5.74) is 1.72. The number of oxazole rings is 1. The number of aromatic nitrogens is 1. The molecule has 0 bridgehead atoms. The number of aliphatic hydroxyl groups excluding tert-OH is 1. The molecule has 7 heteroatoms. The van der Waals surface area contributed by atoms with E-state index in [2.05, 4.69) is 15.2 Å². The van der Waals surface area contributed by atoms with E-state index in [1.54, 1.807) is 30.3 Å². The molecule has 1 N–H and O–H groups in total. The first-order valence-electron chi connectivity index (χ1n) is 5.61.